The average Bonchev–Trinajstić information content (AvgIpc) is 2.87. The number of pyridine rings is 1. The van der Waals surface area contributed by atoms with E-state index in [0.717, 1.165) is 17.8 Å². The topological polar surface area (TPSA) is 54.6 Å². The highest BCUT2D eigenvalue weighted by Gasteiger charge is 2.34. The predicted molar refractivity (Wildman–Crippen MR) is 82.8 cm³/mol. The van der Waals surface area contributed by atoms with Crippen LogP contribution < -0.4 is 10.2 Å². The number of aromatic amines is 1. The molecule has 110 valence electrons. The highest BCUT2D eigenvalue weighted by molar-refractivity contribution is 6.29. The molecule has 4 rings (SSSR count). The molecule has 0 saturated heterocycles. The normalized spacial score (nSPS) is 16.2. The smallest absolute Gasteiger partial charge is 0.240 e. The molecule has 3 heterocycles. The maximum atomic E-state index is 12.8. The van der Waals surface area contributed by atoms with Crippen molar-refractivity contribution in [3.63, 3.8) is 0 Å². The maximum absolute atomic E-state index is 12.8. The zero-order valence-corrected chi connectivity index (χ0v) is 12.7. The lowest BCUT2D eigenvalue weighted by atomic mass is 9.93. The van der Waals surface area contributed by atoms with Crippen LogP contribution in [0.5, 0.6) is 0 Å². The summed E-state index contributed by atoms with van der Waals surface area (Å²) in [6.45, 7) is 2.07. The molecule has 0 fully saturated rings. The van der Waals surface area contributed by atoms with Crippen molar-refractivity contribution in [1.82, 2.24) is 14.9 Å². The number of nitrogens with one attached hydrogen (secondary N) is 1. The van der Waals surface area contributed by atoms with Crippen molar-refractivity contribution in [2.75, 3.05) is 0 Å². The molecule has 1 N–H and O–H groups in total. The second kappa shape index (κ2) is 4.81. The molecule has 0 aliphatic carbocycles. The minimum absolute atomic E-state index is 0.0499. The number of halogens is 1. The van der Waals surface area contributed by atoms with Crippen LogP contribution in [0.1, 0.15) is 24.1 Å². The first-order valence-corrected chi connectivity index (χ1v) is 7.50. The zero-order valence-electron chi connectivity index (χ0n) is 12.0. The first-order chi connectivity index (χ1) is 10.6. The fraction of sp³-hybridized carbons (Fsp3) is 0.188. The fourth-order valence-corrected chi connectivity index (χ4v) is 3.14. The third kappa shape index (κ3) is 1.89. The number of hydrogen-bond donors (Lipinski definition) is 1. The third-order valence-corrected chi connectivity index (χ3v) is 4.28. The Bertz CT molecular complexity index is 911. The Morgan fingerprint density at radius 1 is 1.32 bits per heavy atom. The van der Waals surface area contributed by atoms with Crippen LogP contribution in [0.15, 0.2) is 47.4 Å². The highest BCUT2D eigenvalue weighted by Crippen LogP contribution is 2.24. The average molecular weight is 314 g/mol. The van der Waals surface area contributed by atoms with E-state index in [1.165, 1.54) is 10.2 Å². The van der Waals surface area contributed by atoms with Gasteiger partial charge in [-0.1, -0.05) is 46.6 Å². The van der Waals surface area contributed by atoms with E-state index >= 15 is 0 Å². The SMILES string of the molecule is CC1Cc2ccccc2-[n+]2[nH]n(-c3ccc(Cl)nc3)c(=O)c21. The summed E-state index contributed by atoms with van der Waals surface area (Å²) >= 11 is 5.82. The van der Waals surface area contributed by atoms with Gasteiger partial charge in [-0.25, -0.2) is 9.78 Å². The van der Waals surface area contributed by atoms with Gasteiger partial charge in [-0.15, -0.1) is 4.68 Å². The van der Waals surface area contributed by atoms with Gasteiger partial charge >= 0.3 is 5.56 Å². The van der Waals surface area contributed by atoms with Crippen LogP contribution in [0, 0.1) is 0 Å². The van der Waals surface area contributed by atoms with Crippen LogP contribution in [0.2, 0.25) is 5.15 Å². The summed E-state index contributed by atoms with van der Waals surface area (Å²) < 4.78 is 3.39. The molecule has 1 atom stereocenters. The molecule has 1 aromatic carbocycles. The Morgan fingerprint density at radius 3 is 2.91 bits per heavy atom. The second-order valence-corrected chi connectivity index (χ2v) is 5.92. The van der Waals surface area contributed by atoms with Crippen LogP contribution in [-0.4, -0.2) is 14.9 Å². The zero-order chi connectivity index (χ0) is 15.3. The van der Waals surface area contributed by atoms with Crippen molar-refractivity contribution in [1.29, 1.82) is 0 Å². The molecule has 1 aliphatic rings. The van der Waals surface area contributed by atoms with Gasteiger partial charge in [0.15, 0.2) is 11.4 Å². The first kappa shape index (κ1) is 13.3. The lowest BCUT2D eigenvalue weighted by Crippen LogP contribution is -2.44. The standard InChI is InChI=1S/C16H13ClN4O/c1-10-8-11-4-2-3-5-13(11)21-15(10)16(22)20(19-21)12-6-7-14(17)18-9-12/h2-7,9-10H,8H2,1H3/p+1. The van der Waals surface area contributed by atoms with Gasteiger partial charge in [0.2, 0.25) is 5.69 Å². The van der Waals surface area contributed by atoms with E-state index in [1.807, 2.05) is 22.9 Å². The molecule has 0 bridgehead atoms. The van der Waals surface area contributed by atoms with E-state index in [1.54, 1.807) is 18.3 Å². The number of nitrogens with zero attached hydrogens (tertiary/aromatic N) is 3. The summed E-state index contributed by atoms with van der Waals surface area (Å²) in [5.41, 5.74) is 3.63. The molecule has 6 heteroatoms. The molecular weight excluding hydrogens is 300 g/mol. The van der Waals surface area contributed by atoms with Gasteiger partial charge in [0.05, 0.1) is 6.20 Å². The summed E-state index contributed by atoms with van der Waals surface area (Å²) in [4.78, 5) is 16.8. The number of aromatic nitrogens is 4. The Morgan fingerprint density at radius 2 is 2.14 bits per heavy atom. The van der Waals surface area contributed by atoms with E-state index in [2.05, 4.69) is 23.2 Å². The van der Waals surface area contributed by atoms with Crippen LogP contribution >= 0.6 is 11.6 Å². The van der Waals surface area contributed by atoms with Gasteiger partial charge in [-0.05, 0) is 24.6 Å². The van der Waals surface area contributed by atoms with Crippen molar-refractivity contribution in [2.45, 2.75) is 19.3 Å². The van der Waals surface area contributed by atoms with Gasteiger partial charge in [0.1, 0.15) is 5.15 Å². The Hall–Kier alpha value is -2.40. The number of fused-ring (bicyclic) bond motifs is 3. The van der Waals surface area contributed by atoms with Gasteiger partial charge in [-0.2, -0.15) is 0 Å². The lowest BCUT2D eigenvalue weighted by Gasteiger charge is -2.16. The fourth-order valence-electron chi connectivity index (χ4n) is 3.03. The lowest BCUT2D eigenvalue weighted by molar-refractivity contribution is -0.672. The largest absolute Gasteiger partial charge is 0.402 e. The van der Waals surface area contributed by atoms with E-state index in [0.29, 0.717) is 10.8 Å². The van der Waals surface area contributed by atoms with Crippen LogP contribution in [0.3, 0.4) is 0 Å². The number of rotatable bonds is 1. The van der Waals surface area contributed by atoms with Crippen molar-refractivity contribution >= 4 is 11.6 Å². The molecule has 3 aromatic rings. The van der Waals surface area contributed by atoms with Gasteiger partial charge in [0, 0.05) is 11.5 Å². The molecule has 0 saturated carbocycles. The molecule has 22 heavy (non-hydrogen) atoms. The number of H-pyrrole nitrogens is 1. The maximum Gasteiger partial charge on any atom is 0.402 e. The summed E-state index contributed by atoms with van der Waals surface area (Å²) in [7, 11) is 0. The first-order valence-electron chi connectivity index (χ1n) is 7.12. The molecule has 5 nitrogen and oxygen atoms in total. The Labute approximate surface area is 131 Å². The number of benzene rings is 1. The molecule has 0 amide bonds. The van der Waals surface area contributed by atoms with E-state index in [9.17, 15) is 4.79 Å². The summed E-state index contributed by atoms with van der Waals surface area (Å²) in [5, 5.41) is 3.56. The Balaban J connectivity index is 1.96. The highest BCUT2D eigenvalue weighted by atomic mass is 35.5. The summed E-state index contributed by atoms with van der Waals surface area (Å²) in [6.07, 6.45) is 2.45. The summed E-state index contributed by atoms with van der Waals surface area (Å²) in [5.74, 6) is 0.153. The van der Waals surface area contributed by atoms with Crippen molar-refractivity contribution in [2.24, 2.45) is 0 Å². The molecule has 0 spiro atoms. The predicted octanol–water partition coefficient (Wildman–Crippen LogP) is 2.15. The van der Waals surface area contributed by atoms with Crippen molar-refractivity contribution in [3.8, 4) is 11.4 Å². The van der Waals surface area contributed by atoms with Crippen LogP contribution in [0.4, 0.5) is 0 Å². The monoisotopic (exact) mass is 313 g/mol. The molecule has 1 unspecified atom stereocenters. The molecule has 1 aliphatic heterocycles. The van der Waals surface area contributed by atoms with E-state index < -0.39 is 0 Å². The minimum Gasteiger partial charge on any atom is -0.240 e. The molecule has 2 aromatic heterocycles. The van der Waals surface area contributed by atoms with Crippen LogP contribution in [0.25, 0.3) is 11.4 Å². The van der Waals surface area contributed by atoms with Gasteiger partial charge in [-0.3, -0.25) is 0 Å². The molecular formula is C16H14ClN4O+. The van der Waals surface area contributed by atoms with Gasteiger partial charge < -0.3 is 0 Å². The van der Waals surface area contributed by atoms with Gasteiger partial charge in [0.25, 0.3) is 0 Å². The summed E-state index contributed by atoms with van der Waals surface area (Å²) in [6, 6.07) is 11.6. The third-order valence-electron chi connectivity index (χ3n) is 4.06. The molecule has 0 radical (unpaired) electrons. The van der Waals surface area contributed by atoms with Crippen molar-refractivity contribution < 1.29 is 4.68 Å². The van der Waals surface area contributed by atoms with Crippen molar-refractivity contribution in [3.05, 3.63) is 69.4 Å². The number of para-hydroxylation sites is 1. The minimum atomic E-state index is -0.0499. The van der Waals surface area contributed by atoms with E-state index in [4.69, 9.17) is 11.6 Å². The second-order valence-electron chi connectivity index (χ2n) is 5.53. The van der Waals surface area contributed by atoms with Crippen LogP contribution in [-0.2, 0) is 6.42 Å². The Kier molecular flexibility index (Phi) is 2.90. The van der Waals surface area contributed by atoms with E-state index in [-0.39, 0.29) is 11.5 Å². The number of hydrogen-bond acceptors (Lipinski definition) is 2. The quantitative estimate of drug-likeness (QED) is 0.553.